The molecule has 1 aliphatic rings. The van der Waals surface area contributed by atoms with Crippen LogP contribution in [0.3, 0.4) is 0 Å². The third-order valence-electron chi connectivity index (χ3n) is 2.15. The van der Waals surface area contributed by atoms with E-state index in [4.69, 9.17) is 9.47 Å². The molecule has 1 fully saturated rings. The number of oxime groups is 1. The maximum atomic E-state index is 9.51. The van der Waals surface area contributed by atoms with E-state index in [-0.39, 0.29) is 0 Å². The lowest BCUT2D eigenvalue weighted by atomic mass is 10.00. The van der Waals surface area contributed by atoms with Gasteiger partial charge in [-0.05, 0) is 0 Å². The lowest BCUT2D eigenvalue weighted by Gasteiger charge is -2.38. The smallest absolute Gasteiger partial charge is 0.186 e. The van der Waals surface area contributed by atoms with Gasteiger partial charge >= 0.3 is 0 Å². The number of hydrogen-bond donors (Lipinski definition) is 3. The number of hydrogen-bond acceptors (Lipinski definition) is 7. The van der Waals surface area contributed by atoms with Gasteiger partial charge in [-0.2, -0.15) is 0 Å². The molecular formula is C8H15NO6. The summed E-state index contributed by atoms with van der Waals surface area (Å²) in [6.45, 7) is 0. The summed E-state index contributed by atoms with van der Waals surface area (Å²) in [6.07, 6.45) is -4.62. The van der Waals surface area contributed by atoms with Crippen LogP contribution in [0.1, 0.15) is 0 Å². The zero-order chi connectivity index (χ0) is 11.4. The fraction of sp³-hybridized carbons (Fsp3) is 0.875. The van der Waals surface area contributed by atoms with Crippen molar-refractivity contribution in [3.63, 3.8) is 0 Å². The Morgan fingerprint density at radius 1 is 1.13 bits per heavy atom. The fourth-order valence-electron chi connectivity index (χ4n) is 1.31. The van der Waals surface area contributed by atoms with E-state index in [0.717, 1.165) is 0 Å². The summed E-state index contributed by atoms with van der Waals surface area (Å²) >= 11 is 0. The average molecular weight is 221 g/mol. The van der Waals surface area contributed by atoms with Crippen molar-refractivity contribution in [2.75, 3.05) is 14.2 Å². The summed E-state index contributed by atoms with van der Waals surface area (Å²) in [5.74, 6) is 0. The van der Waals surface area contributed by atoms with Gasteiger partial charge in [-0.15, -0.1) is 0 Å². The Bertz CT molecular complexity index is 221. The van der Waals surface area contributed by atoms with Crippen molar-refractivity contribution in [3.8, 4) is 0 Å². The molecule has 0 aromatic heterocycles. The average Bonchev–Trinajstić information content (AvgIpc) is 2.25. The molecule has 15 heavy (non-hydrogen) atoms. The summed E-state index contributed by atoms with van der Waals surface area (Å²) < 4.78 is 9.91. The van der Waals surface area contributed by atoms with Crippen LogP contribution in [-0.4, -0.2) is 66.5 Å². The monoisotopic (exact) mass is 221 g/mol. The van der Waals surface area contributed by atoms with Crippen LogP contribution < -0.4 is 0 Å². The quantitative estimate of drug-likeness (QED) is 0.379. The molecule has 0 radical (unpaired) electrons. The molecule has 0 aliphatic carbocycles. The highest BCUT2D eigenvalue weighted by Crippen LogP contribution is 2.20. The Balaban J connectivity index is 2.69. The molecule has 1 heterocycles. The SMILES string of the molecule is CON=C[C@H]1O[C@H](OC)[C@H](O)[C@@H](O)[C@@H]1O. The van der Waals surface area contributed by atoms with Crippen LogP contribution in [-0.2, 0) is 14.3 Å². The van der Waals surface area contributed by atoms with Crippen LogP contribution in [0.4, 0.5) is 0 Å². The summed E-state index contributed by atoms with van der Waals surface area (Å²) in [7, 11) is 2.66. The molecule has 1 saturated heterocycles. The topological polar surface area (TPSA) is 101 Å². The highest BCUT2D eigenvalue weighted by molar-refractivity contribution is 5.63. The minimum Gasteiger partial charge on any atom is -0.399 e. The first-order valence-corrected chi connectivity index (χ1v) is 4.41. The maximum absolute atomic E-state index is 9.51. The van der Waals surface area contributed by atoms with E-state index in [0.29, 0.717) is 0 Å². The highest BCUT2D eigenvalue weighted by Gasteiger charge is 2.43. The van der Waals surface area contributed by atoms with Gasteiger partial charge in [-0.3, -0.25) is 0 Å². The molecule has 88 valence electrons. The van der Waals surface area contributed by atoms with Gasteiger partial charge in [0.2, 0.25) is 0 Å². The molecule has 0 unspecified atom stereocenters. The molecule has 0 spiro atoms. The van der Waals surface area contributed by atoms with E-state index in [2.05, 4.69) is 9.99 Å². The normalized spacial score (nSPS) is 42.1. The first kappa shape index (κ1) is 12.3. The van der Waals surface area contributed by atoms with Crippen LogP contribution in [0.25, 0.3) is 0 Å². The summed E-state index contributed by atoms with van der Waals surface area (Å²) in [4.78, 5) is 4.42. The van der Waals surface area contributed by atoms with E-state index in [1.165, 1.54) is 20.4 Å². The predicted molar refractivity (Wildman–Crippen MR) is 49.2 cm³/mol. The van der Waals surface area contributed by atoms with Crippen molar-refractivity contribution >= 4 is 6.21 Å². The number of nitrogens with zero attached hydrogens (tertiary/aromatic N) is 1. The lowest BCUT2D eigenvalue weighted by molar-refractivity contribution is -0.274. The van der Waals surface area contributed by atoms with Gasteiger partial charge in [-0.1, -0.05) is 5.16 Å². The minimum atomic E-state index is -1.35. The van der Waals surface area contributed by atoms with Crippen molar-refractivity contribution in [3.05, 3.63) is 0 Å². The maximum Gasteiger partial charge on any atom is 0.186 e. The second kappa shape index (κ2) is 5.38. The van der Waals surface area contributed by atoms with Gasteiger partial charge in [0.25, 0.3) is 0 Å². The summed E-state index contributed by atoms with van der Waals surface area (Å²) in [5, 5.41) is 31.8. The molecule has 0 aromatic rings. The van der Waals surface area contributed by atoms with Crippen LogP contribution in [0.5, 0.6) is 0 Å². The van der Waals surface area contributed by atoms with E-state index in [1.54, 1.807) is 0 Å². The summed E-state index contributed by atoms with van der Waals surface area (Å²) in [6, 6.07) is 0. The molecule has 5 atom stereocenters. The molecule has 0 bridgehead atoms. The molecule has 1 rings (SSSR count). The highest BCUT2D eigenvalue weighted by atomic mass is 16.7. The molecule has 0 saturated carbocycles. The first-order chi connectivity index (χ1) is 7.11. The van der Waals surface area contributed by atoms with Gasteiger partial charge in [0.05, 0.1) is 6.21 Å². The third kappa shape index (κ3) is 2.64. The van der Waals surface area contributed by atoms with Gasteiger partial charge in [0, 0.05) is 7.11 Å². The Labute approximate surface area is 86.9 Å². The van der Waals surface area contributed by atoms with Gasteiger partial charge in [0.1, 0.15) is 31.5 Å². The second-order valence-corrected chi connectivity index (χ2v) is 3.11. The zero-order valence-corrected chi connectivity index (χ0v) is 8.48. The van der Waals surface area contributed by atoms with Crippen LogP contribution in [0.15, 0.2) is 5.16 Å². The third-order valence-corrected chi connectivity index (χ3v) is 2.15. The molecule has 3 N–H and O–H groups in total. The number of aliphatic hydroxyl groups excluding tert-OH is 3. The number of ether oxygens (including phenoxy) is 2. The molecular weight excluding hydrogens is 206 g/mol. The zero-order valence-electron chi connectivity index (χ0n) is 8.48. The fourth-order valence-corrected chi connectivity index (χ4v) is 1.31. The molecule has 0 amide bonds. The largest absolute Gasteiger partial charge is 0.399 e. The second-order valence-electron chi connectivity index (χ2n) is 3.11. The predicted octanol–water partition coefficient (Wildman–Crippen LogP) is -1.93. The van der Waals surface area contributed by atoms with Crippen LogP contribution in [0.2, 0.25) is 0 Å². The lowest BCUT2D eigenvalue weighted by Crippen LogP contribution is -2.58. The van der Waals surface area contributed by atoms with Crippen molar-refractivity contribution in [2.45, 2.75) is 30.7 Å². The Hall–Kier alpha value is -0.730. The standard InChI is InChI=1S/C8H15NO6/c1-13-8-7(12)6(11)5(10)4(15-8)3-9-14-2/h3-8,10-12H,1-2H3/t4-,5-,6+,7-,8+/m1/s1. The number of rotatable bonds is 3. The molecule has 0 aromatic carbocycles. The Morgan fingerprint density at radius 3 is 2.33 bits per heavy atom. The van der Waals surface area contributed by atoms with Gasteiger partial charge in [0.15, 0.2) is 6.29 Å². The van der Waals surface area contributed by atoms with E-state index in [9.17, 15) is 15.3 Å². The van der Waals surface area contributed by atoms with E-state index in [1.807, 2.05) is 0 Å². The van der Waals surface area contributed by atoms with Gasteiger partial charge in [-0.25, -0.2) is 0 Å². The van der Waals surface area contributed by atoms with Crippen molar-refractivity contribution in [2.24, 2.45) is 5.16 Å². The first-order valence-electron chi connectivity index (χ1n) is 4.41. The Morgan fingerprint density at radius 2 is 1.80 bits per heavy atom. The van der Waals surface area contributed by atoms with E-state index < -0.39 is 30.7 Å². The number of methoxy groups -OCH3 is 1. The summed E-state index contributed by atoms with van der Waals surface area (Å²) in [5.41, 5.74) is 0. The van der Waals surface area contributed by atoms with Gasteiger partial charge < -0.3 is 29.6 Å². The van der Waals surface area contributed by atoms with Crippen molar-refractivity contribution < 1.29 is 29.6 Å². The minimum absolute atomic E-state index is 0.881. The van der Waals surface area contributed by atoms with Crippen LogP contribution in [0, 0.1) is 0 Å². The van der Waals surface area contributed by atoms with Crippen LogP contribution >= 0.6 is 0 Å². The molecule has 7 heteroatoms. The van der Waals surface area contributed by atoms with Crippen molar-refractivity contribution in [1.29, 1.82) is 0 Å². The number of aliphatic hydroxyl groups is 3. The Kier molecular flexibility index (Phi) is 4.43. The van der Waals surface area contributed by atoms with Crippen molar-refractivity contribution in [1.82, 2.24) is 0 Å². The molecule has 1 aliphatic heterocycles. The molecule has 7 nitrogen and oxygen atoms in total. The van der Waals surface area contributed by atoms with E-state index >= 15 is 0 Å².